The molecule has 3 rings (SSSR count). The van der Waals surface area contributed by atoms with Crippen molar-refractivity contribution in [3.05, 3.63) is 58.1 Å². The summed E-state index contributed by atoms with van der Waals surface area (Å²) in [6.45, 7) is 0.414. The van der Waals surface area contributed by atoms with Crippen molar-refractivity contribution >= 4 is 21.8 Å². The molecule has 1 fully saturated rings. The Balaban J connectivity index is 1.73. The molecule has 1 saturated carbocycles. The zero-order chi connectivity index (χ0) is 17.2. The topological polar surface area (TPSA) is 47.6 Å². The van der Waals surface area contributed by atoms with Crippen molar-refractivity contribution in [2.75, 3.05) is 14.2 Å². The van der Waals surface area contributed by atoms with Crippen LogP contribution in [0.15, 0.2) is 46.9 Å². The van der Waals surface area contributed by atoms with E-state index >= 15 is 0 Å². The van der Waals surface area contributed by atoms with E-state index < -0.39 is 0 Å². The van der Waals surface area contributed by atoms with Crippen molar-refractivity contribution < 1.29 is 14.3 Å². The lowest BCUT2D eigenvalue weighted by atomic mass is 9.95. The number of halogens is 1. The predicted octanol–water partition coefficient (Wildman–Crippen LogP) is 3.81. The Morgan fingerprint density at radius 2 is 1.83 bits per heavy atom. The van der Waals surface area contributed by atoms with Gasteiger partial charge in [0.15, 0.2) is 11.5 Å². The summed E-state index contributed by atoms with van der Waals surface area (Å²) in [4.78, 5) is 12.7. The molecule has 0 unspecified atom stereocenters. The number of hydrogen-bond acceptors (Lipinski definition) is 3. The van der Waals surface area contributed by atoms with Crippen molar-refractivity contribution in [1.82, 2.24) is 5.32 Å². The summed E-state index contributed by atoms with van der Waals surface area (Å²) < 4.78 is 11.7. The number of para-hydroxylation sites is 1. The monoisotopic (exact) mass is 389 g/mol. The van der Waals surface area contributed by atoms with Crippen LogP contribution in [0.25, 0.3) is 0 Å². The van der Waals surface area contributed by atoms with E-state index in [1.54, 1.807) is 14.2 Å². The fourth-order valence-corrected chi connectivity index (χ4v) is 3.24. The van der Waals surface area contributed by atoms with Crippen molar-refractivity contribution in [3.63, 3.8) is 0 Å². The molecule has 0 aliphatic heterocycles. The minimum Gasteiger partial charge on any atom is -0.493 e. The van der Waals surface area contributed by atoms with Gasteiger partial charge in [0.1, 0.15) is 0 Å². The Bertz CT molecular complexity index is 739. The van der Waals surface area contributed by atoms with E-state index in [1.165, 1.54) is 0 Å². The molecule has 1 N–H and O–H groups in total. The molecule has 1 aliphatic carbocycles. The Kier molecular flexibility index (Phi) is 4.81. The molecule has 1 amide bonds. The number of carbonyl (C=O) groups is 1. The molecule has 0 atom stereocenters. The molecule has 0 bridgehead atoms. The highest BCUT2D eigenvalue weighted by Gasteiger charge is 2.51. The lowest BCUT2D eigenvalue weighted by Crippen LogP contribution is -2.34. The molecule has 0 radical (unpaired) electrons. The highest BCUT2D eigenvalue weighted by molar-refractivity contribution is 9.10. The van der Waals surface area contributed by atoms with Gasteiger partial charge in [-0.15, -0.1) is 0 Å². The van der Waals surface area contributed by atoms with Crippen molar-refractivity contribution in [2.24, 2.45) is 0 Å². The number of carbonyl (C=O) groups excluding carboxylic acids is 1. The SMILES string of the molecule is COc1cccc(CNC(=O)C2(c3ccc(Br)cc3)CC2)c1OC. The molecule has 2 aromatic carbocycles. The molecule has 24 heavy (non-hydrogen) atoms. The van der Waals surface area contributed by atoms with E-state index in [0.717, 1.165) is 28.4 Å². The van der Waals surface area contributed by atoms with Gasteiger partial charge in [-0.3, -0.25) is 4.79 Å². The number of benzene rings is 2. The highest BCUT2D eigenvalue weighted by Crippen LogP contribution is 2.48. The van der Waals surface area contributed by atoms with Gasteiger partial charge >= 0.3 is 0 Å². The average Bonchev–Trinajstić information content (AvgIpc) is 3.41. The number of rotatable bonds is 6. The summed E-state index contributed by atoms with van der Waals surface area (Å²) in [6, 6.07) is 13.7. The van der Waals surface area contributed by atoms with E-state index in [-0.39, 0.29) is 11.3 Å². The third-order valence-corrected chi connectivity index (χ3v) is 5.03. The molecule has 0 aromatic heterocycles. The Labute approximate surface area is 150 Å². The van der Waals surface area contributed by atoms with E-state index in [4.69, 9.17) is 9.47 Å². The Hall–Kier alpha value is -2.01. The maximum Gasteiger partial charge on any atom is 0.230 e. The minimum absolute atomic E-state index is 0.0645. The van der Waals surface area contributed by atoms with Crippen molar-refractivity contribution in [3.8, 4) is 11.5 Å². The summed E-state index contributed by atoms with van der Waals surface area (Å²) in [6.07, 6.45) is 1.77. The largest absolute Gasteiger partial charge is 0.493 e. The van der Waals surface area contributed by atoms with Gasteiger partial charge in [-0.1, -0.05) is 40.2 Å². The van der Waals surface area contributed by atoms with Crippen LogP contribution >= 0.6 is 15.9 Å². The van der Waals surface area contributed by atoms with Crippen LogP contribution in [-0.4, -0.2) is 20.1 Å². The summed E-state index contributed by atoms with van der Waals surface area (Å²) in [5.74, 6) is 1.39. The smallest absolute Gasteiger partial charge is 0.230 e. The fourth-order valence-electron chi connectivity index (χ4n) is 2.98. The van der Waals surface area contributed by atoms with Crippen LogP contribution < -0.4 is 14.8 Å². The van der Waals surface area contributed by atoms with E-state index in [0.29, 0.717) is 18.0 Å². The average molecular weight is 390 g/mol. The predicted molar refractivity (Wildman–Crippen MR) is 96.4 cm³/mol. The molecule has 4 nitrogen and oxygen atoms in total. The standard InChI is InChI=1S/C19H20BrNO3/c1-23-16-5-3-4-13(17(16)24-2)12-21-18(22)19(10-11-19)14-6-8-15(20)9-7-14/h3-9H,10-12H2,1-2H3,(H,21,22). The first-order chi connectivity index (χ1) is 11.6. The molecule has 126 valence electrons. The molecule has 5 heteroatoms. The number of methoxy groups -OCH3 is 2. The molecular formula is C19H20BrNO3. The Morgan fingerprint density at radius 3 is 2.42 bits per heavy atom. The molecule has 0 heterocycles. The van der Waals surface area contributed by atoms with Gasteiger partial charge in [-0.05, 0) is 36.6 Å². The lowest BCUT2D eigenvalue weighted by molar-refractivity contribution is -0.123. The first-order valence-corrected chi connectivity index (χ1v) is 8.64. The molecule has 0 saturated heterocycles. The van der Waals surface area contributed by atoms with Crippen molar-refractivity contribution in [1.29, 1.82) is 0 Å². The number of nitrogens with one attached hydrogen (secondary N) is 1. The molecule has 0 spiro atoms. The van der Waals surface area contributed by atoms with Gasteiger partial charge in [0.2, 0.25) is 5.91 Å². The van der Waals surface area contributed by atoms with Crippen LogP contribution in [0.3, 0.4) is 0 Å². The second-order valence-electron chi connectivity index (χ2n) is 5.92. The van der Waals surface area contributed by atoms with Crippen LogP contribution in [0.1, 0.15) is 24.0 Å². The van der Waals surface area contributed by atoms with Crippen LogP contribution in [0.5, 0.6) is 11.5 Å². The summed E-state index contributed by atoms with van der Waals surface area (Å²) in [5.41, 5.74) is 1.59. The first kappa shape index (κ1) is 16.8. The van der Waals surface area contributed by atoms with Crippen molar-refractivity contribution in [2.45, 2.75) is 24.8 Å². The van der Waals surface area contributed by atoms with Crippen LogP contribution in [0.2, 0.25) is 0 Å². The van der Waals surface area contributed by atoms with Gasteiger partial charge in [0.25, 0.3) is 0 Å². The van der Waals surface area contributed by atoms with Gasteiger partial charge < -0.3 is 14.8 Å². The zero-order valence-electron chi connectivity index (χ0n) is 13.8. The normalized spacial score (nSPS) is 14.8. The first-order valence-electron chi connectivity index (χ1n) is 7.85. The van der Waals surface area contributed by atoms with Gasteiger partial charge in [-0.2, -0.15) is 0 Å². The highest BCUT2D eigenvalue weighted by atomic mass is 79.9. The third kappa shape index (κ3) is 3.13. The number of amides is 1. The summed E-state index contributed by atoms with van der Waals surface area (Å²) in [7, 11) is 3.21. The fraction of sp³-hybridized carbons (Fsp3) is 0.316. The second kappa shape index (κ2) is 6.85. The third-order valence-electron chi connectivity index (χ3n) is 4.51. The van der Waals surface area contributed by atoms with Gasteiger partial charge in [0, 0.05) is 16.6 Å². The molecular weight excluding hydrogens is 370 g/mol. The van der Waals surface area contributed by atoms with E-state index in [9.17, 15) is 4.79 Å². The maximum atomic E-state index is 12.7. The van der Waals surface area contributed by atoms with E-state index in [1.807, 2.05) is 42.5 Å². The van der Waals surface area contributed by atoms with Gasteiger partial charge in [0.05, 0.1) is 19.6 Å². The Morgan fingerprint density at radius 1 is 1.12 bits per heavy atom. The second-order valence-corrected chi connectivity index (χ2v) is 6.84. The lowest BCUT2D eigenvalue weighted by Gasteiger charge is -2.17. The van der Waals surface area contributed by atoms with Crippen LogP contribution in [-0.2, 0) is 16.8 Å². The van der Waals surface area contributed by atoms with Crippen LogP contribution in [0, 0.1) is 0 Å². The molecule has 1 aliphatic rings. The zero-order valence-corrected chi connectivity index (χ0v) is 15.4. The number of hydrogen-bond donors (Lipinski definition) is 1. The van der Waals surface area contributed by atoms with Gasteiger partial charge in [-0.25, -0.2) is 0 Å². The summed E-state index contributed by atoms with van der Waals surface area (Å²) in [5, 5.41) is 3.05. The minimum atomic E-state index is -0.382. The quantitative estimate of drug-likeness (QED) is 0.816. The van der Waals surface area contributed by atoms with Crippen LogP contribution in [0.4, 0.5) is 0 Å². The van der Waals surface area contributed by atoms with E-state index in [2.05, 4.69) is 21.2 Å². The summed E-state index contributed by atoms with van der Waals surface area (Å²) >= 11 is 3.43. The maximum absolute atomic E-state index is 12.7. The molecule has 2 aromatic rings. The number of ether oxygens (including phenoxy) is 2.